The largest absolute Gasteiger partial charge is 0.309 e. The molecule has 0 bridgehead atoms. The molecule has 0 amide bonds. The van der Waals surface area contributed by atoms with E-state index in [1.54, 1.807) is 0 Å². The minimum Gasteiger partial charge on any atom is -0.309 e. The number of hydrogen-bond donors (Lipinski definition) is 0. The first-order valence-electron chi connectivity index (χ1n) is 17.4. The van der Waals surface area contributed by atoms with E-state index in [4.69, 9.17) is 0 Å². The molecule has 0 saturated heterocycles. The minimum absolute atomic E-state index is 0.0596. The molecule has 10 rings (SSSR count). The highest BCUT2D eigenvalue weighted by Crippen LogP contribution is 2.29. The summed E-state index contributed by atoms with van der Waals surface area (Å²) < 4.78 is 4.38. The van der Waals surface area contributed by atoms with Crippen LogP contribution in [-0.4, -0.2) is 9.13 Å². The van der Waals surface area contributed by atoms with Gasteiger partial charge in [0.05, 0.1) is 22.1 Å². The number of benzene rings is 8. The molecule has 244 valence electrons. The van der Waals surface area contributed by atoms with Crippen molar-refractivity contribution in [3.05, 3.63) is 201 Å². The maximum atomic E-state index is 13.3. The van der Waals surface area contributed by atoms with Crippen LogP contribution in [0, 0.1) is 0 Å². The molecule has 0 atom stereocenters. The first-order valence-corrected chi connectivity index (χ1v) is 17.4. The smallest absolute Gasteiger partial charge is 0.197 e. The van der Waals surface area contributed by atoms with Crippen LogP contribution >= 0.6 is 0 Å². The highest BCUT2D eigenvalue weighted by molar-refractivity contribution is 5.98. The Balaban J connectivity index is 0.982. The van der Waals surface area contributed by atoms with Gasteiger partial charge >= 0.3 is 0 Å². The third-order valence-corrected chi connectivity index (χ3v) is 10.2. The summed E-state index contributed by atoms with van der Waals surface area (Å²) in [5.74, 6) is 0. The summed E-state index contributed by atoms with van der Waals surface area (Å²) in [6.07, 6.45) is 4.31. The Morgan fingerprint density at radius 2 is 0.635 bits per heavy atom. The van der Waals surface area contributed by atoms with Crippen molar-refractivity contribution in [2.45, 2.75) is 0 Å². The highest BCUT2D eigenvalue weighted by atomic mass is 16.1. The Hall–Kier alpha value is -7.04. The SMILES string of the molecule is O=c1c2ccccc2n(-c2ccc3cc(/C=C/c4ccc5cc(-n6c7ccccc7c(=O)c7ccccc76)ccc5c4)ccc3c2)c2ccccc12. The maximum Gasteiger partial charge on any atom is 0.197 e. The molecular formula is C48H30N2O2. The predicted molar refractivity (Wildman–Crippen MR) is 218 cm³/mol. The van der Waals surface area contributed by atoms with E-state index in [0.29, 0.717) is 21.5 Å². The van der Waals surface area contributed by atoms with Crippen molar-refractivity contribution in [2.24, 2.45) is 0 Å². The summed E-state index contributed by atoms with van der Waals surface area (Å²) in [4.78, 5) is 26.6. The van der Waals surface area contributed by atoms with Crippen molar-refractivity contribution in [1.82, 2.24) is 9.13 Å². The number of pyridine rings is 2. The van der Waals surface area contributed by atoms with E-state index < -0.39 is 0 Å². The molecule has 0 saturated carbocycles. The van der Waals surface area contributed by atoms with Gasteiger partial charge in [0.15, 0.2) is 10.9 Å². The summed E-state index contributed by atoms with van der Waals surface area (Å²) in [6, 6.07) is 57.4. The summed E-state index contributed by atoms with van der Waals surface area (Å²) in [7, 11) is 0. The normalized spacial score (nSPS) is 11.9. The molecule has 2 aromatic heterocycles. The summed E-state index contributed by atoms with van der Waals surface area (Å²) >= 11 is 0. The van der Waals surface area contributed by atoms with Gasteiger partial charge in [-0.25, -0.2) is 0 Å². The Morgan fingerprint density at radius 3 is 1.00 bits per heavy atom. The number of nitrogens with zero attached hydrogens (tertiary/aromatic N) is 2. The summed E-state index contributed by atoms with van der Waals surface area (Å²) in [5, 5.41) is 7.42. The van der Waals surface area contributed by atoms with Gasteiger partial charge < -0.3 is 9.13 Å². The van der Waals surface area contributed by atoms with Crippen LogP contribution in [0.25, 0.3) is 88.7 Å². The van der Waals surface area contributed by atoms with Crippen LogP contribution in [0.15, 0.2) is 179 Å². The van der Waals surface area contributed by atoms with Gasteiger partial charge in [0.2, 0.25) is 0 Å². The van der Waals surface area contributed by atoms with E-state index in [1.165, 1.54) is 0 Å². The number of rotatable bonds is 4. The van der Waals surface area contributed by atoms with Crippen molar-refractivity contribution >= 4 is 77.3 Å². The highest BCUT2D eigenvalue weighted by Gasteiger charge is 2.14. The molecule has 8 aromatic carbocycles. The molecule has 0 aliphatic rings. The zero-order valence-corrected chi connectivity index (χ0v) is 28.0. The van der Waals surface area contributed by atoms with E-state index in [2.05, 4.69) is 94.1 Å². The lowest BCUT2D eigenvalue weighted by atomic mass is 10.0. The van der Waals surface area contributed by atoms with Crippen molar-refractivity contribution < 1.29 is 0 Å². The molecule has 0 spiro atoms. The standard InChI is InChI=1S/C48H30N2O2/c51-47-39-9-1-5-13-43(39)49(44-14-6-2-10-40(44)47)37-25-23-33-27-31(19-21-35(33)29-37)17-18-32-20-22-36-30-38(26-24-34(36)28-32)50-45-15-7-3-11-41(45)48(52)42-12-4-8-16-46(42)50/h1-30H/b18-17+. The Bertz CT molecular complexity index is 2900. The summed E-state index contributed by atoms with van der Waals surface area (Å²) in [5.41, 5.74) is 7.98. The topological polar surface area (TPSA) is 44.0 Å². The van der Waals surface area contributed by atoms with Gasteiger partial charge in [-0.1, -0.05) is 97.1 Å². The lowest BCUT2D eigenvalue weighted by Gasteiger charge is -2.16. The molecule has 2 heterocycles. The van der Waals surface area contributed by atoms with Crippen molar-refractivity contribution in [2.75, 3.05) is 0 Å². The van der Waals surface area contributed by atoms with Crippen LogP contribution in [0.3, 0.4) is 0 Å². The number of para-hydroxylation sites is 4. The fourth-order valence-electron chi connectivity index (χ4n) is 7.73. The zero-order chi connectivity index (χ0) is 34.8. The van der Waals surface area contributed by atoms with Crippen LogP contribution < -0.4 is 10.9 Å². The van der Waals surface area contributed by atoms with Crippen molar-refractivity contribution in [3.63, 3.8) is 0 Å². The van der Waals surface area contributed by atoms with Crippen molar-refractivity contribution in [3.8, 4) is 11.4 Å². The molecule has 0 unspecified atom stereocenters. The summed E-state index contributed by atoms with van der Waals surface area (Å²) in [6.45, 7) is 0. The van der Waals surface area contributed by atoms with Crippen LogP contribution in [0.5, 0.6) is 0 Å². The van der Waals surface area contributed by atoms with E-state index in [9.17, 15) is 9.59 Å². The molecule has 52 heavy (non-hydrogen) atoms. The molecule has 0 aliphatic heterocycles. The van der Waals surface area contributed by atoms with Gasteiger partial charge in [0.1, 0.15) is 0 Å². The quantitative estimate of drug-likeness (QED) is 0.139. The Kier molecular flexibility index (Phi) is 6.76. The van der Waals surface area contributed by atoms with Gasteiger partial charge in [0.25, 0.3) is 0 Å². The second-order valence-corrected chi connectivity index (χ2v) is 13.3. The molecule has 4 heteroatoms. The average molecular weight is 667 g/mol. The van der Waals surface area contributed by atoms with E-state index in [1.807, 2.05) is 97.1 Å². The van der Waals surface area contributed by atoms with Crippen molar-refractivity contribution in [1.29, 1.82) is 0 Å². The second-order valence-electron chi connectivity index (χ2n) is 13.3. The predicted octanol–water partition coefficient (Wildman–Crippen LogP) is 11.1. The molecule has 0 aliphatic carbocycles. The molecular weight excluding hydrogens is 637 g/mol. The van der Waals surface area contributed by atoms with Gasteiger partial charge in [-0.3, -0.25) is 9.59 Å². The van der Waals surface area contributed by atoms with Crippen LogP contribution in [0.1, 0.15) is 11.1 Å². The fraction of sp³-hybridized carbons (Fsp3) is 0. The maximum absolute atomic E-state index is 13.3. The fourth-order valence-corrected chi connectivity index (χ4v) is 7.73. The number of hydrogen-bond acceptors (Lipinski definition) is 2. The van der Waals surface area contributed by atoms with Gasteiger partial charge in [0, 0.05) is 32.9 Å². The molecule has 10 aromatic rings. The van der Waals surface area contributed by atoms with Crippen LogP contribution in [0.4, 0.5) is 0 Å². The number of fused-ring (bicyclic) bond motifs is 6. The van der Waals surface area contributed by atoms with Gasteiger partial charge in [-0.2, -0.15) is 0 Å². The first-order chi connectivity index (χ1) is 25.6. The number of aromatic nitrogens is 2. The minimum atomic E-state index is 0.0596. The molecule has 0 N–H and O–H groups in total. The average Bonchev–Trinajstić information content (AvgIpc) is 3.20. The lowest BCUT2D eigenvalue weighted by molar-refractivity contribution is 1.17. The molecule has 4 nitrogen and oxygen atoms in total. The first kappa shape index (κ1) is 29.8. The Morgan fingerprint density at radius 1 is 0.327 bits per heavy atom. The third kappa shape index (κ3) is 4.77. The van der Waals surface area contributed by atoms with E-state index >= 15 is 0 Å². The molecule has 0 radical (unpaired) electrons. The third-order valence-electron chi connectivity index (χ3n) is 10.2. The van der Waals surface area contributed by atoms with Crippen LogP contribution in [-0.2, 0) is 0 Å². The van der Waals surface area contributed by atoms with E-state index in [-0.39, 0.29) is 10.9 Å². The van der Waals surface area contributed by atoms with Gasteiger partial charge in [-0.05, 0) is 118 Å². The monoisotopic (exact) mass is 666 g/mol. The lowest BCUT2D eigenvalue weighted by Crippen LogP contribution is -2.10. The second kappa shape index (κ2) is 11.8. The van der Waals surface area contributed by atoms with E-state index in [0.717, 1.165) is 66.1 Å². The van der Waals surface area contributed by atoms with Gasteiger partial charge in [-0.15, -0.1) is 0 Å². The molecule has 0 fully saturated rings. The Labute approximate surface area is 298 Å². The van der Waals surface area contributed by atoms with Crippen LogP contribution in [0.2, 0.25) is 0 Å². The zero-order valence-electron chi connectivity index (χ0n) is 28.0.